The molecular formula is C9H17O5P. The second-order valence-corrected chi connectivity index (χ2v) is 5.45. The first-order valence-corrected chi connectivity index (χ1v) is 6.46. The summed E-state index contributed by atoms with van der Waals surface area (Å²) >= 11 is 0. The van der Waals surface area contributed by atoms with Crippen molar-refractivity contribution in [2.75, 3.05) is 20.4 Å². The highest BCUT2D eigenvalue weighted by Gasteiger charge is 2.23. The Balaban J connectivity index is 4.20. The Morgan fingerprint density at radius 3 is 2.40 bits per heavy atom. The second-order valence-electron chi connectivity index (χ2n) is 3.47. The number of esters is 1. The number of ether oxygens (including phenoxy) is 1. The molecule has 0 aromatic heterocycles. The SMILES string of the molecule is C=C(OP(C)(=O)OCC(C)C)C(=O)OC. The summed E-state index contributed by atoms with van der Waals surface area (Å²) in [6, 6.07) is 0. The number of hydrogen-bond acceptors (Lipinski definition) is 5. The van der Waals surface area contributed by atoms with Gasteiger partial charge in [-0.2, -0.15) is 0 Å². The molecule has 0 aliphatic heterocycles. The van der Waals surface area contributed by atoms with Gasteiger partial charge in [0.2, 0.25) is 5.76 Å². The van der Waals surface area contributed by atoms with E-state index in [1.54, 1.807) is 0 Å². The zero-order valence-corrected chi connectivity index (χ0v) is 10.4. The third-order valence-electron chi connectivity index (χ3n) is 1.33. The summed E-state index contributed by atoms with van der Waals surface area (Å²) in [7, 11) is -2.08. The first-order chi connectivity index (χ1) is 6.78. The van der Waals surface area contributed by atoms with Crippen molar-refractivity contribution in [3.63, 3.8) is 0 Å². The van der Waals surface area contributed by atoms with Crippen LogP contribution in [0.5, 0.6) is 0 Å². The van der Waals surface area contributed by atoms with Crippen molar-refractivity contribution in [1.29, 1.82) is 0 Å². The molecule has 88 valence electrons. The largest absolute Gasteiger partial charge is 0.463 e. The highest BCUT2D eigenvalue weighted by molar-refractivity contribution is 7.53. The van der Waals surface area contributed by atoms with Gasteiger partial charge in [0.15, 0.2) is 0 Å². The molecule has 0 fully saturated rings. The molecule has 0 heterocycles. The summed E-state index contributed by atoms with van der Waals surface area (Å²) in [6.07, 6.45) is 0. The monoisotopic (exact) mass is 236 g/mol. The molecule has 0 amide bonds. The van der Waals surface area contributed by atoms with E-state index in [9.17, 15) is 9.36 Å². The van der Waals surface area contributed by atoms with Crippen LogP contribution in [-0.2, 0) is 23.1 Å². The summed E-state index contributed by atoms with van der Waals surface area (Å²) < 4.78 is 25.8. The summed E-state index contributed by atoms with van der Waals surface area (Å²) in [5.74, 6) is -0.842. The van der Waals surface area contributed by atoms with Crippen LogP contribution < -0.4 is 0 Å². The van der Waals surface area contributed by atoms with Gasteiger partial charge < -0.3 is 9.26 Å². The van der Waals surface area contributed by atoms with E-state index >= 15 is 0 Å². The predicted octanol–water partition coefficient (Wildman–Crippen LogP) is 2.19. The van der Waals surface area contributed by atoms with Gasteiger partial charge in [-0.1, -0.05) is 13.8 Å². The fraction of sp³-hybridized carbons (Fsp3) is 0.667. The van der Waals surface area contributed by atoms with Crippen molar-refractivity contribution < 1.29 is 23.1 Å². The van der Waals surface area contributed by atoms with Gasteiger partial charge in [-0.15, -0.1) is 0 Å². The zero-order valence-electron chi connectivity index (χ0n) is 9.48. The van der Waals surface area contributed by atoms with E-state index in [2.05, 4.69) is 11.3 Å². The summed E-state index contributed by atoms with van der Waals surface area (Å²) in [4.78, 5) is 10.9. The van der Waals surface area contributed by atoms with Crippen molar-refractivity contribution in [2.45, 2.75) is 13.8 Å². The zero-order chi connectivity index (χ0) is 12.1. The number of methoxy groups -OCH3 is 1. The lowest BCUT2D eigenvalue weighted by atomic mass is 10.2. The van der Waals surface area contributed by atoms with E-state index in [-0.39, 0.29) is 11.7 Å². The predicted molar refractivity (Wildman–Crippen MR) is 56.6 cm³/mol. The third-order valence-corrected chi connectivity index (χ3v) is 2.50. The lowest BCUT2D eigenvalue weighted by molar-refractivity contribution is -0.138. The van der Waals surface area contributed by atoms with Gasteiger partial charge in [0.05, 0.1) is 13.7 Å². The number of carbonyl (C=O) groups is 1. The molecule has 0 aromatic rings. The van der Waals surface area contributed by atoms with E-state index in [0.717, 1.165) is 0 Å². The third kappa shape index (κ3) is 6.31. The molecule has 6 heteroatoms. The van der Waals surface area contributed by atoms with E-state index in [1.807, 2.05) is 13.8 Å². The summed E-state index contributed by atoms with van der Waals surface area (Å²) in [6.45, 7) is 8.69. The molecule has 5 nitrogen and oxygen atoms in total. The quantitative estimate of drug-likeness (QED) is 0.306. The molecule has 15 heavy (non-hydrogen) atoms. The highest BCUT2D eigenvalue weighted by atomic mass is 31.2. The molecule has 0 saturated heterocycles. The molecule has 0 rings (SSSR count). The lowest BCUT2D eigenvalue weighted by Gasteiger charge is -2.16. The number of rotatable bonds is 6. The minimum atomic E-state index is -3.27. The Morgan fingerprint density at radius 1 is 1.47 bits per heavy atom. The molecular weight excluding hydrogens is 219 g/mol. The molecule has 0 aliphatic rings. The average Bonchev–Trinajstić information content (AvgIpc) is 2.13. The fourth-order valence-electron chi connectivity index (χ4n) is 0.662. The van der Waals surface area contributed by atoms with E-state index in [4.69, 9.17) is 9.05 Å². The van der Waals surface area contributed by atoms with E-state index < -0.39 is 13.6 Å². The maximum atomic E-state index is 11.6. The van der Waals surface area contributed by atoms with Crippen LogP contribution in [-0.4, -0.2) is 26.4 Å². The standard InChI is InChI=1S/C9H17O5P/c1-7(2)6-13-15(5,11)14-8(3)9(10)12-4/h7H,3,6H2,1-2,4-5H3. The normalized spacial score (nSPS) is 14.5. The minimum Gasteiger partial charge on any atom is -0.463 e. The molecule has 0 spiro atoms. The van der Waals surface area contributed by atoms with Gasteiger partial charge in [-0.25, -0.2) is 9.36 Å². The maximum Gasteiger partial charge on any atom is 0.376 e. The van der Waals surface area contributed by atoms with Crippen LogP contribution in [0.3, 0.4) is 0 Å². The molecule has 0 bridgehead atoms. The van der Waals surface area contributed by atoms with Crippen molar-refractivity contribution in [1.82, 2.24) is 0 Å². The topological polar surface area (TPSA) is 61.8 Å². The average molecular weight is 236 g/mol. The van der Waals surface area contributed by atoms with Gasteiger partial charge in [0.1, 0.15) is 0 Å². The molecule has 0 radical (unpaired) electrons. The summed E-state index contributed by atoms with van der Waals surface area (Å²) in [5, 5.41) is 0. The van der Waals surface area contributed by atoms with Crippen molar-refractivity contribution in [2.24, 2.45) is 5.92 Å². The van der Waals surface area contributed by atoms with Crippen LogP contribution in [0.25, 0.3) is 0 Å². The first-order valence-electron chi connectivity index (χ1n) is 4.47. The van der Waals surface area contributed by atoms with E-state index in [0.29, 0.717) is 6.61 Å². The lowest BCUT2D eigenvalue weighted by Crippen LogP contribution is -2.08. The van der Waals surface area contributed by atoms with Gasteiger partial charge in [0.25, 0.3) is 0 Å². The molecule has 0 aromatic carbocycles. The van der Waals surface area contributed by atoms with Gasteiger partial charge in [0, 0.05) is 6.66 Å². The Bertz CT molecular complexity index is 284. The molecule has 1 unspecified atom stereocenters. The maximum absolute atomic E-state index is 11.6. The van der Waals surface area contributed by atoms with Crippen LogP contribution in [0, 0.1) is 5.92 Å². The highest BCUT2D eigenvalue weighted by Crippen LogP contribution is 2.46. The van der Waals surface area contributed by atoms with Crippen LogP contribution in [0.15, 0.2) is 12.3 Å². The molecule has 0 aliphatic carbocycles. The van der Waals surface area contributed by atoms with Gasteiger partial charge in [-0.3, -0.25) is 4.52 Å². The number of hydrogen-bond donors (Lipinski definition) is 0. The Morgan fingerprint density at radius 2 is 2.00 bits per heavy atom. The van der Waals surface area contributed by atoms with Crippen LogP contribution in [0.4, 0.5) is 0 Å². The van der Waals surface area contributed by atoms with E-state index in [1.165, 1.54) is 13.8 Å². The van der Waals surface area contributed by atoms with Crippen LogP contribution >= 0.6 is 7.60 Å². The van der Waals surface area contributed by atoms with Crippen molar-refractivity contribution >= 4 is 13.6 Å². The first kappa shape index (κ1) is 14.2. The minimum absolute atomic E-state index is 0.230. The Kier molecular flexibility index (Phi) is 5.61. The number of carbonyl (C=O) groups excluding carboxylic acids is 1. The van der Waals surface area contributed by atoms with Gasteiger partial charge in [-0.05, 0) is 12.5 Å². The molecule has 1 atom stereocenters. The van der Waals surface area contributed by atoms with Gasteiger partial charge >= 0.3 is 13.6 Å². The Labute approximate surface area is 89.9 Å². The second kappa shape index (κ2) is 5.93. The fourth-order valence-corrected chi connectivity index (χ4v) is 1.76. The smallest absolute Gasteiger partial charge is 0.376 e. The van der Waals surface area contributed by atoms with Crippen LogP contribution in [0.1, 0.15) is 13.8 Å². The molecule has 0 N–H and O–H groups in total. The van der Waals surface area contributed by atoms with Crippen LogP contribution in [0.2, 0.25) is 0 Å². The summed E-state index contributed by atoms with van der Waals surface area (Å²) in [5.41, 5.74) is 0. The van der Waals surface area contributed by atoms with Crippen molar-refractivity contribution in [3.8, 4) is 0 Å². The Hall–Kier alpha value is -0.800. The molecule has 0 saturated carbocycles. The van der Waals surface area contributed by atoms with Crippen molar-refractivity contribution in [3.05, 3.63) is 12.3 Å².